The number of para-hydroxylation sites is 1. The maximum Gasteiger partial charge on any atom is 0.352 e. The van der Waals surface area contributed by atoms with E-state index in [4.69, 9.17) is 14.2 Å². The molecule has 0 aliphatic heterocycles. The molecule has 18 heteroatoms. The summed E-state index contributed by atoms with van der Waals surface area (Å²) in [6.07, 6.45) is 7.05. The summed E-state index contributed by atoms with van der Waals surface area (Å²) in [5, 5.41) is 41.1. The van der Waals surface area contributed by atoms with E-state index in [1.165, 1.54) is 0 Å². The van der Waals surface area contributed by atoms with E-state index >= 15 is 0 Å². The van der Waals surface area contributed by atoms with Crippen LogP contribution in [0.5, 0.6) is 17.2 Å². The van der Waals surface area contributed by atoms with Gasteiger partial charge in [-0.05, 0) is 150 Å². The van der Waals surface area contributed by atoms with Crippen LogP contribution in [0.4, 0.5) is 0 Å². The second kappa shape index (κ2) is 28.3. The molecule has 4 aromatic carbocycles. The van der Waals surface area contributed by atoms with Gasteiger partial charge < -0.3 is 52.9 Å². The maximum atomic E-state index is 11.8. The first-order valence-corrected chi connectivity index (χ1v) is 29.7. The Morgan fingerprint density at radius 2 is 1.07 bits per heavy atom. The number of aromatic nitrogens is 7. The topological polar surface area (TPSA) is 235 Å². The van der Waals surface area contributed by atoms with Gasteiger partial charge in [-0.2, -0.15) is 0 Å². The lowest BCUT2D eigenvalue weighted by atomic mass is 9.99. The number of fused-ring (bicyclic) bond motifs is 4. The summed E-state index contributed by atoms with van der Waals surface area (Å²) in [7, 11) is 6.78. The van der Waals surface area contributed by atoms with Gasteiger partial charge in [0.05, 0.1) is 72.0 Å². The van der Waals surface area contributed by atoms with E-state index in [0.717, 1.165) is 106 Å². The van der Waals surface area contributed by atoms with Crippen molar-refractivity contribution in [3.8, 4) is 17.2 Å². The number of pyridine rings is 3. The molecule has 7 heterocycles. The molecule has 18 nitrogen and oxygen atoms in total. The van der Waals surface area contributed by atoms with Gasteiger partial charge in [0.2, 0.25) is 0 Å². The molecule has 4 N–H and O–H groups in total. The molecule has 11 aromatic rings. The zero-order chi connectivity index (χ0) is 65.4. The Morgan fingerprint density at radius 3 is 1.59 bits per heavy atom. The Morgan fingerprint density at radius 1 is 0.478 bits per heavy atom. The summed E-state index contributed by atoms with van der Waals surface area (Å²) < 4.78 is 23.9. The number of aryl methyl sites for hydroxylation is 4. The van der Waals surface area contributed by atoms with Crippen LogP contribution in [0.15, 0.2) is 140 Å². The highest BCUT2D eigenvalue weighted by Gasteiger charge is 2.24. The van der Waals surface area contributed by atoms with Crippen molar-refractivity contribution in [2.45, 2.75) is 113 Å². The van der Waals surface area contributed by atoms with E-state index in [1.807, 2.05) is 114 Å². The van der Waals surface area contributed by atoms with Gasteiger partial charge in [0.1, 0.15) is 40.9 Å². The highest BCUT2D eigenvalue weighted by molar-refractivity contribution is 6.05. The Hall–Kier alpha value is -10.2. The second-order valence-corrected chi connectivity index (χ2v) is 23.5. The molecular weight excluding hydrogens is 1140 g/mol. The van der Waals surface area contributed by atoms with Gasteiger partial charge in [-0.25, -0.2) is 19.2 Å². The molecule has 0 amide bonds. The smallest absolute Gasteiger partial charge is 0.352 e. The minimum Gasteiger partial charge on any atom is -0.497 e. The summed E-state index contributed by atoms with van der Waals surface area (Å²) in [5.41, 5.74) is 14.2. The molecule has 0 radical (unpaired) electrons. The largest absolute Gasteiger partial charge is 0.497 e. The highest BCUT2D eigenvalue weighted by Crippen LogP contribution is 2.37. The van der Waals surface area contributed by atoms with Gasteiger partial charge >= 0.3 is 23.9 Å². The fourth-order valence-corrected chi connectivity index (χ4v) is 11.3. The minimum atomic E-state index is -0.958. The van der Waals surface area contributed by atoms with E-state index < -0.39 is 23.9 Å². The number of hydrogen-bond donors (Lipinski definition) is 4. The van der Waals surface area contributed by atoms with Crippen LogP contribution >= 0.6 is 0 Å². The SMILES string of the molecule is CC(C)c1cc(OCc2ccccn2)cc2cc(C(=O)O)n(C)c12.COc1cc(C(C)C)c2c(c1)cc(C(=O)O)n2C.COc1ccc(C(C)C)c2c1cc(C(=O)O)n2Cc1ccc(C)cn1.Cc1ccnc(Cn2cc(C(=O)O)c3cccc(C(C)C)c32)c1. The van der Waals surface area contributed by atoms with Gasteiger partial charge in [-0.1, -0.05) is 91.8 Å². The molecule has 468 valence electrons. The first-order valence-electron chi connectivity index (χ1n) is 29.7. The van der Waals surface area contributed by atoms with E-state index in [-0.39, 0.29) is 23.2 Å². The van der Waals surface area contributed by atoms with Crippen LogP contribution in [0, 0.1) is 13.8 Å². The molecular formula is C72H79N7O11. The van der Waals surface area contributed by atoms with Crippen LogP contribution in [0.1, 0.15) is 171 Å². The standard InChI is InChI=1S/C20H22N2O3.C19H20N2O3.C19H20N2O2.C14H17NO3/c1-12(2)15-7-8-18(25-4)16-9-17(20(23)24)22(19(15)16)11-14-6-5-13(3)10-21-14;1-12(2)16-10-15(24-11-14-6-4-5-7-20-14)8-13-9-17(19(22)23)21(3)18(13)16;1-12(2)15-5-4-6-16-17(19(22)23)11-21(18(15)16)10-14-9-13(3)7-8-20-14;1-8(2)11-7-10(18-4)5-9-6-12(14(16)17)15(3)13(9)11/h5-10,12H,11H2,1-4H3,(H,23,24);4-10,12H,11H2,1-3H3,(H,22,23);4-9,11-12H,10H2,1-3H3,(H,22,23);5-8H,1-4H3,(H,16,17). The van der Waals surface area contributed by atoms with Crippen LogP contribution in [0.3, 0.4) is 0 Å². The third kappa shape index (κ3) is 14.5. The minimum absolute atomic E-state index is 0.240. The lowest BCUT2D eigenvalue weighted by molar-refractivity contribution is 0.0675. The van der Waals surface area contributed by atoms with Crippen molar-refractivity contribution in [2.24, 2.45) is 14.1 Å². The predicted molar refractivity (Wildman–Crippen MR) is 352 cm³/mol. The second-order valence-electron chi connectivity index (χ2n) is 23.5. The lowest BCUT2D eigenvalue weighted by Gasteiger charge is -2.15. The number of ether oxygens (including phenoxy) is 3. The quantitative estimate of drug-likeness (QED) is 0.0664. The molecule has 11 rings (SSSR count). The van der Waals surface area contributed by atoms with Crippen LogP contribution in [0.25, 0.3) is 43.6 Å². The van der Waals surface area contributed by atoms with Crippen molar-refractivity contribution < 1.29 is 53.8 Å². The van der Waals surface area contributed by atoms with Crippen molar-refractivity contribution >= 4 is 67.5 Å². The van der Waals surface area contributed by atoms with Gasteiger partial charge in [-0.15, -0.1) is 0 Å². The summed E-state index contributed by atoms with van der Waals surface area (Å²) in [6.45, 7) is 22.1. The molecule has 0 unspecified atom stereocenters. The monoisotopic (exact) mass is 1220 g/mol. The van der Waals surface area contributed by atoms with Gasteiger partial charge in [0.15, 0.2) is 0 Å². The van der Waals surface area contributed by atoms with Gasteiger partial charge in [0.25, 0.3) is 0 Å². The third-order valence-electron chi connectivity index (χ3n) is 15.8. The normalized spacial score (nSPS) is 11.2. The van der Waals surface area contributed by atoms with Crippen molar-refractivity contribution in [1.82, 2.24) is 33.2 Å². The first-order chi connectivity index (χ1) is 42.8. The zero-order valence-electron chi connectivity index (χ0n) is 53.5. The Bertz CT molecular complexity index is 4410. The van der Waals surface area contributed by atoms with E-state index in [2.05, 4.69) is 76.4 Å². The Balaban J connectivity index is 0.000000156. The predicted octanol–water partition coefficient (Wildman–Crippen LogP) is 15.4. The van der Waals surface area contributed by atoms with E-state index in [0.29, 0.717) is 48.5 Å². The van der Waals surface area contributed by atoms with Crippen LogP contribution in [-0.2, 0) is 33.8 Å². The zero-order valence-corrected chi connectivity index (χ0v) is 53.5. The number of rotatable bonds is 17. The number of methoxy groups -OCH3 is 2. The number of carboxylic acid groups (broad SMARTS) is 4. The fraction of sp³-hybridized carbons (Fsp3) is 0.292. The number of carboxylic acids is 4. The summed E-state index contributed by atoms with van der Waals surface area (Å²) in [5.74, 6) is -0.410. The molecule has 0 spiro atoms. The molecule has 90 heavy (non-hydrogen) atoms. The molecule has 0 saturated carbocycles. The van der Waals surface area contributed by atoms with Gasteiger partial charge in [0, 0.05) is 60.4 Å². The Labute approximate surface area is 523 Å². The summed E-state index contributed by atoms with van der Waals surface area (Å²) in [6, 6.07) is 36.2. The number of hydrogen-bond acceptors (Lipinski definition) is 10. The molecule has 0 atom stereocenters. The number of nitrogens with zero attached hydrogens (tertiary/aromatic N) is 7. The molecule has 0 bridgehead atoms. The number of carbonyl (C=O) groups is 4. The van der Waals surface area contributed by atoms with Crippen LogP contribution < -0.4 is 14.2 Å². The Kier molecular flexibility index (Phi) is 20.7. The van der Waals surface area contributed by atoms with Crippen molar-refractivity contribution in [3.63, 3.8) is 0 Å². The fourth-order valence-electron chi connectivity index (χ4n) is 11.3. The number of aromatic carboxylic acids is 4. The third-order valence-corrected chi connectivity index (χ3v) is 15.8. The molecule has 0 aliphatic carbocycles. The number of benzene rings is 4. The maximum absolute atomic E-state index is 11.8. The molecule has 0 saturated heterocycles. The van der Waals surface area contributed by atoms with Crippen molar-refractivity contribution in [3.05, 3.63) is 213 Å². The average Bonchev–Trinajstić information content (AvgIpc) is 1.66. The van der Waals surface area contributed by atoms with Crippen molar-refractivity contribution in [2.75, 3.05) is 14.2 Å². The van der Waals surface area contributed by atoms with E-state index in [1.54, 1.807) is 80.4 Å². The summed E-state index contributed by atoms with van der Waals surface area (Å²) in [4.78, 5) is 59.1. The lowest BCUT2D eigenvalue weighted by Crippen LogP contribution is -2.11. The molecule has 7 aromatic heterocycles. The summed E-state index contributed by atoms with van der Waals surface area (Å²) >= 11 is 0. The van der Waals surface area contributed by atoms with Crippen LogP contribution in [-0.4, -0.2) is 91.7 Å². The van der Waals surface area contributed by atoms with Crippen molar-refractivity contribution in [1.29, 1.82) is 0 Å². The van der Waals surface area contributed by atoms with E-state index in [9.17, 15) is 39.6 Å². The molecule has 0 aliphatic rings. The first kappa shape index (κ1) is 65.7. The highest BCUT2D eigenvalue weighted by atomic mass is 16.5. The molecule has 0 fully saturated rings. The van der Waals surface area contributed by atoms with Gasteiger partial charge in [-0.3, -0.25) is 15.0 Å². The van der Waals surface area contributed by atoms with Crippen LogP contribution in [0.2, 0.25) is 0 Å². The average molecular weight is 1220 g/mol.